The lowest BCUT2D eigenvalue weighted by Gasteiger charge is -2.43. The van der Waals surface area contributed by atoms with Gasteiger partial charge in [-0.2, -0.15) is 0 Å². The fourth-order valence-electron chi connectivity index (χ4n) is 3.65. The van der Waals surface area contributed by atoms with Crippen molar-refractivity contribution in [1.29, 1.82) is 0 Å². The number of hydrogen-bond acceptors (Lipinski definition) is 6. The van der Waals surface area contributed by atoms with E-state index >= 15 is 0 Å². The zero-order chi connectivity index (χ0) is 17.6. The molecule has 0 aliphatic carbocycles. The van der Waals surface area contributed by atoms with Crippen LogP contribution in [0.1, 0.15) is 26.2 Å². The van der Waals surface area contributed by atoms with E-state index in [1.54, 1.807) is 0 Å². The molecule has 0 bridgehead atoms. The number of likely N-dealkylation sites (tertiary alicyclic amines) is 1. The lowest BCUT2D eigenvalue weighted by Crippen LogP contribution is -2.60. The molecule has 8 nitrogen and oxygen atoms in total. The normalized spacial score (nSPS) is 31.7. The van der Waals surface area contributed by atoms with E-state index in [2.05, 4.69) is 0 Å². The minimum absolute atomic E-state index is 0.0271. The largest absolute Gasteiger partial charge is 0.477 e. The van der Waals surface area contributed by atoms with Gasteiger partial charge in [-0.05, 0) is 26.3 Å². The molecular formula is C15H21N3O5S. The maximum atomic E-state index is 12.2. The van der Waals surface area contributed by atoms with Crippen LogP contribution in [-0.2, 0) is 14.4 Å². The molecule has 24 heavy (non-hydrogen) atoms. The third-order valence-electron chi connectivity index (χ3n) is 4.86. The summed E-state index contributed by atoms with van der Waals surface area (Å²) < 4.78 is 0. The summed E-state index contributed by atoms with van der Waals surface area (Å²) in [6.45, 7) is 2.49. The molecular weight excluding hydrogens is 334 g/mol. The van der Waals surface area contributed by atoms with Crippen molar-refractivity contribution in [3.05, 3.63) is 10.6 Å². The van der Waals surface area contributed by atoms with Gasteiger partial charge in [0.05, 0.1) is 18.1 Å². The van der Waals surface area contributed by atoms with E-state index < -0.39 is 29.9 Å². The second kappa shape index (κ2) is 6.38. The third-order valence-corrected chi connectivity index (χ3v) is 6.22. The number of thioether (sulfide) groups is 1. The maximum Gasteiger partial charge on any atom is 0.353 e. The quantitative estimate of drug-likeness (QED) is 0.570. The second-order valence-corrected chi connectivity index (χ2v) is 7.66. The van der Waals surface area contributed by atoms with Crippen molar-refractivity contribution in [2.24, 2.45) is 11.7 Å². The summed E-state index contributed by atoms with van der Waals surface area (Å²) in [6.07, 6.45) is 1.68. The fourth-order valence-corrected chi connectivity index (χ4v) is 5.29. The summed E-state index contributed by atoms with van der Waals surface area (Å²) in [4.78, 5) is 39.2. The van der Waals surface area contributed by atoms with Gasteiger partial charge in [-0.25, -0.2) is 4.79 Å². The van der Waals surface area contributed by atoms with Gasteiger partial charge in [-0.1, -0.05) is 6.42 Å². The van der Waals surface area contributed by atoms with Gasteiger partial charge < -0.3 is 15.9 Å². The standard InChI is InChI=1S/C15H21N3O5S/c1-7(19)10-13(21)18-11(15(22)23)9(24-14(10)18)6-17-5-3-2-4-8(17)12(16)20/h7-8,10,14,19H,2-6H2,1H3,(H2,16,20)(H,22,23)/t7-,8?,10+,14-/m1/s1. The van der Waals surface area contributed by atoms with Gasteiger partial charge in [0, 0.05) is 11.4 Å². The monoisotopic (exact) mass is 355 g/mol. The van der Waals surface area contributed by atoms with Crippen molar-refractivity contribution in [2.45, 2.75) is 43.7 Å². The van der Waals surface area contributed by atoms with Crippen LogP contribution in [0.25, 0.3) is 0 Å². The molecule has 0 aromatic heterocycles. The number of amides is 2. The molecule has 2 fully saturated rings. The Bertz CT molecular complexity index is 620. The first-order valence-corrected chi connectivity index (χ1v) is 8.88. The number of β-lactam (4-membered cyclic amide) rings is 1. The minimum atomic E-state index is -1.16. The van der Waals surface area contributed by atoms with Crippen molar-refractivity contribution < 1.29 is 24.6 Å². The Hall–Kier alpha value is -1.58. The van der Waals surface area contributed by atoms with E-state index in [1.807, 2.05) is 4.90 Å². The van der Waals surface area contributed by atoms with Crippen LogP contribution in [-0.4, -0.2) is 68.4 Å². The Kier molecular flexibility index (Phi) is 4.58. The Balaban J connectivity index is 1.83. The summed E-state index contributed by atoms with van der Waals surface area (Å²) in [5, 5.41) is 18.9. The van der Waals surface area contributed by atoms with E-state index in [-0.39, 0.29) is 23.5 Å². The first-order valence-electron chi connectivity index (χ1n) is 8.00. The van der Waals surface area contributed by atoms with Crippen LogP contribution in [0.4, 0.5) is 0 Å². The molecule has 0 radical (unpaired) electrons. The van der Waals surface area contributed by atoms with Crippen LogP contribution >= 0.6 is 11.8 Å². The van der Waals surface area contributed by atoms with Gasteiger partial charge in [-0.3, -0.25) is 19.4 Å². The number of fused-ring (bicyclic) bond motifs is 1. The molecule has 0 aromatic rings. The topological polar surface area (TPSA) is 124 Å². The molecule has 2 saturated heterocycles. The van der Waals surface area contributed by atoms with Gasteiger partial charge in [-0.15, -0.1) is 11.8 Å². The Morgan fingerprint density at radius 1 is 1.42 bits per heavy atom. The molecule has 0 spiro atoms. The Labute approximate surface area is 143 Å². The Morgan fingerprint density at radius 2 is 2.12 bits per heavy atom. The second-order valence-electron chi connectivity index (χ2n) is 6.44. The maximum absolute atomic E-state index is 12.2. The highest BCUT2D eigenvalue weighted by Gasteiger charge is 2.57. The number of carboxylic acids is 1. The van der Waals surface area contributed by atoms with Crippen LogP contribution in [0.15, 0.2) is 10.6 Å². The van der Waals surface area contributed by atoms with E-state index in [1.165, 1.54) is 23.6 Å². The fraction of sp³-hybridized carbons (Fsp3) is 0.667. The average molecular weight is 355 g/mol. The molecule has 4 N–H and O–H groups in total. The van der Waals surface area contributed by atoms with Gasteiger partial charge in [0.15, 0.2) is 0 Å². The smallest absolute Gasteiger partial charge is 0.353 e. The summed E-state index contributed by atoms with van der Waals surface area (Å²) in [7, 11) is 0. The first kappa shape index (κ1) is 17.2. The highest BCUT2D eigenvalue weighted by Crippen LogP contribution is 2.50. The van der Waals surface area contributed by atoms with Crippen LogP contribution in [0.5, 0.6) is 0 Å². The highest BCUT2D eigenvalue weighted by atomic mass is 32.2. The number of piperidine rings is 1. The molecule has 0 saturated carbocycles. The molecule has 132 valence electrons. The SMILES string of the molecule is C[C@@H](O)[C@H]1C(=O)N2C(C(=O)O)=C(CN3CCCCC3C(N)=O)S[C@H]12. The number of aliphatic carboxylic acids is 1. The molecule has 3 aliphatic rings. The molecule has 9 heteroatoms. The van der Waals surface area contributed by atoms with Crippen molar-refractivity contribution in [2.75, 3.05) is 13.1 Å². The van der Waals surface area contributed by atoms with Crippen LogP contribution < -0.4 is 5.73 Å². The molecule has 0 aromatic carbocycles. The minimum Gasteiger partial charge on any atom is -0.477 e. The van der Waals surface area contributed by atoms with E-state index in [4.69, 9.17) is 5.73 Å². The number of aliphatic hydroxyl groups is 1. The van der Waals surface area contributed by atoms with E-state index in [0.29, 0.717) is 17.9 Å². The zero-order valence-corrected chi connectivity index (χ0v) is 14.2. The third kappa shape index (κ3) is 2.70. The molecule has 2 amide bonds. The summed E-state index contributed by atoms with van der Waals surface area (Å²) in [5.74, 6) is -2.52. The molecule has 3 rings (SSSR count). The number of nitrogens with zero attached hydrogens (tertiary/aromatic N) is 2. The number of rotatable bonds is 5. The van der Waals surface area contributed by atoms with Gasteiger partial charge in [0.1, 0.15) is 11.1 Å². The highest BCUT2D eigenvalue weighted by molar-refractivity contribution is 8.04. The van der Waals surface area contributed by atoms with Gasteiger partial charge in [0.25, 0.3) is 0 Å². The van der Waals surface area contributed by atoms with Crippen LogP contribution in [0.3, 0.4) is 0 Å². The number of carboxylic acid groups (broad SMARTS) is 1. The number of primary amides is 1. The lowest BCUT2D eigenvalue weighted by molar-refractivity contribution is -0.156. The van der Waals surface area contributed by atoms with E-state index in [9.17, 15) is 24.6 Å². The average Bonchev–Trinajstić information content (AvgIpc) is 2.81. The number of nitrogens with two attached hydrogens (primary N) is 1. The van der Waals surface area contributed by atoms with E-state index in [0.717, 1.165) is 12.8 Å². The molecule has 3 aliphatic heterocycles. The molecule has 3 heterocycles. The van der Waals surface area contributed by atoms with Crippen molar-refractivity contribution in [3.8, 4) is 0 Å². The summed E-state index contributed by atoms with van der Waals surface area (Å²) in [6, 6.07) is -0.404. The number of aliphatic hydroxyl groups excluding tert-OH is 1. The predicted octanol–water partition coefficient (Wildman–Crippen LogP) is -0.465. The Morgan fingerprint density at radius 3 is 2.71 bits per heavy atom. The molecule has 4 atom stereocenters. The van der Waals surface area contributed by atoms with Crippen molar-refractivity contribution in [3.63, 3.8) is 0 Å². The summed E-state index contributed by atoms with van der Waals surface area (Å²) >= 11 is 1.29. The molecule has 1 unspecified atom stereocenters. The number of carbonyl (C=O) groups excluding carboxylic acids is 2. The number of carbonyl (C=O) groups is 3. The van der Waals surface area contributed by atoms with Gasteiger partial charge in [0.2, 0.25) is 11.8 Å². The van der Waals surface area contributed by atoms with Crippen LogP contribution in [0, 0.1) is 5.92 Å². The first-order chi connectivity index (χ1) is 11.3. The van der Waals surface area contributed by atoms with Crippen molar-refractivity contribution >= 4 is 29.5 Å². The summed E-state index contributed by atoms with van der Waals surface area (Å²) in [5.41, 5.74) is 5.43. The number of hydrogen-bond donors (Lipinski definition) is 3. The zero-order valence-electron chi connectivity index (χ0n) is 13.3. The lowest BCUT2D eigenvalue weighted by atomic mass is 9.92. The van der Waals surface area contributed by atoms with Crippen molar-refractivity contribution in [1.82, 2.24) is 9.80 Å². The van der Waals surface area contributed by atoms with Gasteiger partial charge >= 0.3 is 5.97 Å². The van der Waals surface area contributed by atoms with Crippen LogP contribution in [0.2, 0.25) is 0 Å². The predicted molar refractivity (Wildman–Crippen MR) is 86.5 cm³/mol.